The second-order valence-corrected chi connectivity index (χ2v) is 8.45. The first-order valence-electron chi connectivity index (χ1n) is 10.0. The van der Waals surface area contributed by atoms with Crippen LogP contribution in [0.15, 0.2) is 66.1 Å². The van der Waals surface area contributed by atoms with Crippen molar-refractivity contribution in [2.24, 2.45) is 0 Å². The Morgan fingerprint density at radius 2 is 1.78 bits per heavy atom. The number of hydrogen-bond donors (Lipinski definition) is 0. The maximum Gasteiger partial charge on any atom is 0.196 e. The molecular weight excluding hydrogens is 451 g/mol. The largest absolute Gasteiger partial charge is 0.489 e. The molecule has 32 heavy (non-hydrogen) atoms. The molecule has 0 amide bonds. The zero-order valence-electron chi connectivity index (χ0n) is 16.9. The van der Waals surface area contributed by atoms with Crippen LogP contribution in [0, 0.1) is 5.82 Å². The van der Waals surface area contributed by atoms with Crippen molar-refractivity contribution in [2.75, 3.05) is 13.2 Å². The maximum absolute atomic E-state index is 13.5. The average Bonchev–Trinajstić information content (AvgIpc) is 3.08. The number of hydrogen-bond acceptors (Lipinski definition) is 6. The average molecular weight is 469 g/mol. The Hall–Kier alpha value is -3.10. The van der Waals surface area contributed by atoms with Crippen LogP contribution in [0.2, 0.25) is 5.02 Å². The van der Waals surface area contributed by atoms with Crippen LogP contribution in [-0.2, 0) is 5.75 Å². The fraction of sp³-hybridized carbons (Fsp3) is 0.174. The first-order valence-corrected chi connectivity index (χ1v) is 11.4. The summed E-state index contributed by atoms with van der Waals surface area (Å²) in [5.41, 5.74) is 2.60. The van der Waals surface area contributed by atoms with Crippen LogP contribution in [0.25, 0.3) is 17.1 Å². The van der Waals surface area contributed by atoms with Crippen LogP contribution in [-0.4, -0.2) is 33.0 Å². The van der Waals surface area contributed by atoms with Crippen molar-refractivity contribution in [3.05, 3.63) is 77.3 Å². The molecule has 2 aromatic carbocycles. The molecule has 6 nitrogen and oxygen atoms in total. The topological polar surface area (TPSA) is 62.1 Å². The standard InChI is InChI=1S/C23H18ClFN4O2S/c24-19-12-15(13-20-21(19)31-11-1-10-30-20)14-32-23-28-27-22(16-6-8-26-9-7-16)29(23)18-4-2-17(25)3-5-18/h2-9,12-13H,1,10-11,14H2. The summed E-state index contributed by atoms with van der Waals surface area (Å²) in [7, 11) is 0. The van der Waals surface area contributed by atoms with Crippen LogP contribution in [0.5, 0.6) is 11.5 Å². The van der Waals surface area contributed by atoms with Crippen molar-refractivity contribution in [3.63, 3.8) is 0 Å². The third kappa shape index (κ3) is 4.28. The van der Waals surface area contributed by atoms with Crippen LogP contribution < -0.4 is 9.47 Å². The van der Waals surface area contributed by atoms with E-state index < -0.39 is 0 Å². The number of fused-ring (bicyclic) bond motifs is 1. The highest BCUT2D eigenvalue weighted by Crippen LogP contribution is 2.39. The molecule has 2 aromatic heterocycles. The molecule has 0 unspecified atom stereocenters. The quantitative estimate of drug-likeness (QED) is 0.356. The smallest absolute Gasteiger partial charge is 0.196 e. The van der Waals surface area contributed by atoms with Gasteiger partial charge in [-0.05, 0) is 54.1 Å². The van der Waals surface area contributed by atoms with E-state index in [1.165, 1.54) is 23.9 Å². The van der Waals surface area contributed by atoms with Gasteiger partial charge in [0, 0.05) is 35.8 Å². The fourth-order valence-electron chi connectivity index (χ4n) is 3.39. The molecule has 0 saturated heterocycles. The number of aromatic nitrogens is 4. The van der Waals surface area contributed by atoms with E-state index in [0.717, 1.165) is 23.2 Å². The molecule has 0 spiro atoms. The van der Waals surface area contributed by atoms with Gasteiger partial charge in [-0.3, -0.25) is 9.55 Å². The molecule has 0 radical (unpaired) electrons. The van der Waals surface area contributed by atoms with Gasteiger partial charge >= 0.3 is 0 Å². The Bertz CT molecular complexity index is 1230. The lowest BCUT2D eigenvalue weighted by molar-refractivity contribution is 0.297. The van der Waals surface area contributed by atoms with E-state index in [1.807, 2.05) is 28.8 Å². The molecule has 1 aliphatic rings. The predicted octanol–water partition coefficient (Wildman–Crippen LogP) is 5.58. The zero-order chi connectivity index (χ0) is 21.9. The highest BCUT2D eigenvalue weighted by atomic mass is 35.5. The third-order valence-electron chi connectivity index (χ3n) is 4.89. The van der Waals surface area contributed by atoms with Gasteiger partial charge in [0.2, 0.25) is 0 Å². The molecule has 0 N–H and O–H groups in total. The van der Waals surface area contributed by atoms with Crippen molar-refractivity contribution in [1.29, 1.82) is 0 Å². The predicted molar refractivity (Wildman–Crippen MR) is 121 cm³/mol. The minimum Gasteiger partial charge on any atom is -0.489 e. The molecule has 0 fully saturated rings. The van der Waals surface area contributed by atoms with Gasteiger partial charge in [-0.2, -0.15) is 0 Å². The minimum atomic E-state index is -0.302. The monoisotopic (exact) mass is 468 g/mol. The van der Waals surface area contributed by atoms with Gasteiger partial charge in [0.05, 0.1) is 18.2 Å². The van der Waals surface area contributed by atoms with E-state index in [2.05, 4.69) is 15.2 Å². The van der Waals surface area contributed by atoms with Crippen LogP contribution >= 0.6 is 23.4 Å². The molecule has 0 atom stereocenters. The van der Waals surface area contributed by atoms with E-state index >= 15 is 0 Å². The lowest BCUT2D eigenvalue weighted by Crippen LogP contribution is -2.00. The van der Waals surface area contributed by atoms with Crippen LogP contribution in [0.4, 0.5) is 4.39 Å². The van der Waals surface area contributed by atoms with Crippen molar-refractivity contribution in [3.8, 4) is 28.6 Å². The molecule has 0 bridgehead atoms. The normalized spacial score (nSPS) is 13.1. The Balaban J connectivity index is 1.48. The Morgan fingerprint density at radius 1 is 1.00 bits per heavy atom. The molecule has 0 saturated carbocycles. The first kappa shape index (κ1) is 20.8. The number of thioether (sulfide) groups is 1. The lowest BCUT2D eigenvalue weighted by atomic mass is 10.2. The Morgan fingerprint density at radius 3 is 2.59 bits per heavy atom. The highest BCUT2D eigenvalue weighted by Gasteiger charge is 2.19. The summed E-state index contributed by atoms with van der Waals surface area (Å²) in [6.07, 6.45) is 4.21. The van der Waals surface area contributed by atoms with Gasteiger partial charge < -0.3 is 9.47 Å². The van der Waals surface area contributed by atoms with Gasteiger partial charge in [0.25, 0.3) is 0 Å². The van der Waals surface area contributed by atoms with E-state index in [-0.39, 0.29) is 5.82 Å². The van der Waals surface area contributed by atoms with Crippen LogP contribution in [0.3, 0.4) is 0 Å². The summed E-state index contributed by atoms with van der Waals surface area (Å²) < 4.78 is 26.9. The Kier molecular flexibility index (Phi) is 5.96. The number of benzene rings is 2. The fourth-order valence-corrected chi connectivity index (χ4v) is 4.56. The van der Waals surface area contributed by atoms with Crippen molar-refractivity contribution >= 4 is 23.4 Å². The molecule has 162 valence electrons. The van der Waals surface area contributed by atoms with Crippen molar-refractivity contribution < 1.29 is 13.9 Å². The van der Waals surface area contributed by atoms with E-state index in [4.69, 9.17) is 21.1 Å². The summed E-state index contributed by atoms with van der Waals surface area (Å²) >= 11 is 7.94. The molecule has 3 heterocycles. The van der Waals surface area contributed by atoms with Gasteiger partial charge in [-0.15, -0.1) is 10.2 Å². The maximum atomic E-state index is 13.5. The Labute approximate surface area is 193 Å². The lowest BCUT2D eigenvalue weighted by Gasteiger charge is -2.12. The summed E-state index contributed by atoms with van der Waals surface area (Å²) in [6.45, 7) is 1.17. The number of rotatable bonds is 5. The molecule has 0 aliphatic carbocycles. The van der Waals surface area contributed by atoms with Crippen LogP contribution in [0.1, 0.15) is 12.0 Å². The zero-order valence-corrected chi connectivity index (χ0v) is 18.4. The van der Waals surface area contributed by atoms with Gasteiger partial charge in [0.1, 0.15) is 5.82 Å². The molecule has 9 heteroatoms. The van der Waals surface area contributed by atoms with Gasteiger partial charge in [0.15, 0.2) is 22.5 Å². The molecular formula is C23H18ClFN4O2S. The molecule has 1 aliphatic heterocycles. The number of halogens is 2. The second-order valence-electron chi connectivity index (χ2n) is 7.10. The summed E-state index contributed by atoms with van der Waals surface area (Å²) in [6, 6.07) is 13.8. The second kappa shape index (κ2) is 9.18. The van der Waals surface area contributed by atoms with E-state index in [0.29, 0.717) is 46.5 Å². The summed E-state index contributed by atoms with van der Waals surface area (Å²) in [5.74, 6) is 2.18. The number of pyridine rings is 1. The summed E-state index contributed by atoms with van der Waals surface area (Å²) in [4.78, 5) is 4.07. The van der Waals surface area contributed by atoms with Gasteiger partial charge in [-0.1, -0.05) is 23.4 Å². The SMILES string of the molecule is Fc1ccc(-n2c(SCc3cc(Cl)c4c(c3)OCCCO4)nnc2-c2ccncc2)cc1. The number of ether oxygens (including phenoxy) is 2. The third-order valence-corrected chi connectivity index (χ3v) is 6.17. The number of nitrogens with zero attached hydrogens (tertiary/aromatic N) is 4. The van der Waals surface area contributed by atoms with E-state index in [1.54, 1.807) is 24.5 Å². The van der Waals surface area contributed by atoms with Crippen molar-refractivity contribution in [2.45, 2.75) is 17.3 Å². The van der Waals surface area contributed by atoms with Gasteiger partial charge in [-0.25, -0.2) is 4.39 Å². The van der Waals surface area contributed by atoms with Crippen molar-refractivity contribution in [1.82, 2.24) is 19.7 Å². The van der Waals surface area contributed by atoms with E-state index in [9.17, 15) is 4.39 Å². The first-order chi connectivity index (χ1) is 15.7. The summed E-state index contributed by atoms with van der Waals surface area (Å²) in [5, 5.41) is 10.00. The highest BCUT2D eigenvalue weighted by molar-refractivity contribution is 7.98. The minimum absolute atomic E-state index is 0.302. The molecule has 5 rings (SSSR count). The molecule has 4 aromatic rings.